The van der Waals surface area contributed by atoms with Crippen LogP contribution in [0.25, 0.3) is 0 Å². The Bertz CT molecular complexity index is 437. The Kier molecular flexibility index (Phi) is 6.75. The zero-order valence-corrected chi connectivity index (χ0v) is 16.5. The summed E-state index contributed by atoms with van der Waals surface area (Å²) in [5, 5.41) is 0. The number of hydrogen-bond donors (Lipinski definition) is 0. The lowest BCUT2D eigenvalue weighted by Gasteiger charge is -2.46. The number of nitrogens with zero attached hydrogens (tertiary/aromatic N) is 3. The molecule has 0 bridgehead atoms. The number of rotatable bonds is 5. The van der Waals surface area contributed by atoms with E-state index in [1.165, 1.54) is 32.1 Å². The second-order valence-electron chi connectivity index (χ2n) is 8.50. The predicted molar refractivity (Wildman–Crippen MR) is 101 cm³/mol. The van der Waals surface area contributed by atoms with E-state index in [4.69, 9.17) is 4.74 Å². The van der Waals surface area contributed by atoms with E-state index in [9.17, 15) is 4.79 Å². The Morgan fingerprint density at radius 3 is 2.44 bits per heavy atom. The molecule has 3 fully saturated rings. The van der Waals surface area contributed by atoms with Gasteiger partial charge in [0, 0.05) is 45.4 Å². The minimum atomic E-state index is 0.183. The van der Waals surface area contributed by atoms with Crippen molar-refractivity contribution in [2.24, 2.45) is 5.92 Å². The maximum Gasteiger partial charge on any atom is 0.227 e. The molecule has 2 atom stereocenters. The quantitative estimate of drug-likeness (QED) is 0.761. The first kappa shape index (κ1) is 19.1. The third-order valence-corrected chi connectivity index (χ3v) is 6.55. The summed E-state index contributed by atoms with van der Waals surface area (Å²) in [5.74, 6) is 0.552. The van der Waals surface area contributed by atoms with E-state index < -0.39 is 0 Å². The van der Waals surface area contributed by atoms with E-state index in [-0.39, 0.29) is 12.0 Å². The standard InChI is InChI=1S/C20H37N3O2/c1-16(2)21-10-9-17(13-21)20(24)23-12-11-22(14-19(23)15-25-3)18-7-5-4-6-8-18/h16-19H,4-15H2,1-3H3. The average molecular weight is 352 g/mol. The van der Waals surface area contributed by atoms with Gasteiger partial charge in [-0.1, -0.05) is 19.3 Å². The van der Waals surface area contributed by atoms with Crippen molar-refractivity contribution in [3.63, 3.8) is 0 Å². The molecule has 0 spiro atoms. The minimum Gasteiger partial charge on any atom is -0.382 e. The lowest BCUT2D eigenvalue weighted by molar-refractivity contribution is -0.142. The van der Waals surface area contributed by atoms with Crippen molar-refractivity contribution < 1.29 is 9.53 Å². The summed E-state index contributed by atoms with van der Waals surface area (Å²) < 4.78 is 5.49. The number of likely N-dealkylation sites (tertiary alicyclic amines) is 1. The molecule has 3 rings (SSSR count). The van der Waals surface area contributed by atoms with Crippen molar-refractivity contribution in [3.05, 3.63) is 0 Å². The molecule has 144 valence electrons. The van der Waals surface area contributed by atoms with Gasteiger partial charge in [-0.25, -0.2) is 0 Å². The van der Waals surface area contributed by atoms with Crippen LogP contribution in [-0.4, -0.2) is 85.2 Å². The number of piperazine rings is 1. The molecule has 0 N–H and O–H groups in total. The number of hydrogen-bond acceptors (Lipinski definition) is 4. The molecular formula is C20H37N3O2. The van der Waals surface area contributed by atoms with Crippen molar-refractivity contribution in [2.75, 3.05) is 46.4 Å². The van der Waals surface area contributed by atoms with Crippen LogP contribution < -0.4 is 0 Å². The fourth-order valence-corrected chi connectivity index (χ4v) is 4.97. The van der Waals surface area contributed by atoms with Gasteiger partial charge in [-0.3, -0.25) is 9.69 Å². The largest absolute Gasteiger partial charge is 0.382 e. The van der Waals surface area contributed by atoms with Crippen LogP contribution in [0, 0.1) is 5.92 Å². The van der Waals surface area contributed by atoms with Crippen LogP contribution in [0.2, 0.25) is 0 Å². The second kappa shape index (κ2) is 8.83. The zero-order chi connectivity index (χ0) is 17.8. The molecule has 1 aliphatic carbocycles. The van der Waals surface area contributed by atoms with Gasteiger partial charge in [0.25, 0.3) is 0 Å². The van der Waals surface area contributed by atoms with Crippen molar-refractivity contribution >= 4 is 5.91 Å². The number of carbonyl (C=O) groups is 1. The Hall–Kier alpha value is -0.650. The lowest BCUT2D eigenvalue weighted by atomic mass is 9.93. The molecule has 25 heavy (non-hydrogen) atoms. The summed E-state index contributed by atoms with van der Waals surface area (Å²) in [4.78, 5) is 20.4. The molecule has 0 aromatic rings. The number of carbonyl (C=O) groups excluding carboxylic acids is 1. The maximum absolute atomic E-state index is 13.2. The average Bonchev–Trinajstić information content (AvgIpc) is 3.13. The van der Waals surface area contributed by atoms with Gasteiger partial charge in [-0.05, 0) is 39.7 Å². The van der Waals surface area contributed by atoms with E-state index in [0.29, 0.717) is 18.6 Å². The fourth-order valence-electron chi connectivity index (χ4n) is 4.97. The highest BCUT2D eigenvalue weighted by Crippen LogP contribution is 2.27. The highest BCUT2D eigenvalue weighted by Gasteiger charge is 2.38. The minimum absolute atomic E-state index is 0.183. The van der Waals surface area contributed by atoms with Crippen LogP contribution in [0.1, 0.15) is 52.4 Å². The highest BCUT2D eigenvalue weighted by atomic mass is 16.5. The lowest BCUT2D eigenvalue weighted by Crippen LogP contribution is -2.60. The van der Waals surface area contributed by atoms with Crippen LogP contribution in [0.3, 0.4) is 0 Å². The molecule has 2 heterocycles. The fraction of sp³-hybridized carbons (Fsp3) is 0.950. The highest BCUT2D eigenvalue weighted by molar-refractivity contribution is 5.80. The van der Waals surface area contributed by atoms with Crippen molar-refractivity contribution in [1.82, 2.24) is 14.7 Å². The zero-order valence-electron chi connectivity index (χ0n) is 16.5. The van der Waals surface area contributed by atoms with Gasteiger partial charge >= 0.3 is 0 Å². The van der Waals surface area contributed by atoms with Gasteiger partial charge < -0.3 is 14.5 Å². The normalized spacial score (nSPS) is 30.3. The summed E-state index contributed by atoms with van der Waals surface area (Å²) in [5.41, 5.74) is 0. The molecule has 5 nitrogen and oxygen atoms in total. The molecule has 2 aliphatic heterocycles. The van der Waals surface area contributed by atoms with Crippen LogP contribution >= 0.6 is 0 Å². The number of ether oxygens (including phenoxy) is 1. The first-order chi connectivity index (χ1) is 12.1. The number of methoxy groups -OCH3 is 1. The van der Waals surface area contributed by atoms with E-state index in [1.54, 1.807) is 7.11 Å². The topological polar surface area (TPSA) is 36.0 Å². The van der Waals surface area contributed by atoms with Crippen LogP contribution in [0.5, 0.6) is 0 Å². The molecule has 5 heteroatoms. The SMILES string of the molecule is COCC1CN(C2CCCCC2)CCN1C(=O)C1CCN(C(C)C)C1. The predicted octanol–water partition coefficient (Wildman–Crippen LogP) is 2.21. The van der Waals surface area contributed by atoms with Gasteiger partial charge in [0.05, 0.1) is 18.6 Å². The monoisotopic (exact) mass is 351 g/mol. The summed E-state index contributed by atoms with van der Waals surface area (Å²) in [7, 11) is 1.76. The van der Waals surface area contributed by atoms with Crippen LogP contribution in [-0.2, 0) is 9.53 Å². The Labute approximate surface area is 153 Å². The molecule has 3 aliphatic rings. The van der Waals surface area contributed by atoms with Gasteiger partial charge in [-0.15, -0.1) is 0 Å². The summed E-state index contributed by atoms with van der Waals surface area (Å²) in [6.07, 6.45) is 7.81. The Morgan fingerprint density at radius 2 is 1.80 bits per heavy atom. The molecule has 0 radical (unpaired) electrons. The van der Waals surface area contributed by atoms with E-state index in [0.717, 1.165) is 45.2 Å². The van der Waals surface area contributed by atoms with Gasteiger partial charge in [-0.2, -0.15) is 0 Å². The van der Waals surface area contributed by atoms with Gasteiger partial charge in [0.2, 0.25) is 5.91 Å². The molecule has 1 saturated carbocycles. The van der Waals surface area contributed by atoms with E-state index in [2.05, 4.69) is 28.5 Å². The van der Waals surface area contributed by atoms with Gasteiger partial charge in [0.15, 0.2) is 0 Å². The van der Waals surface area contributed by atoms with Gasteiger partial charge in [0.1, 0.15) is 0 Å². The summed E-state index contributed by atoms with van der Waals surface area (Å²) in [6, 6.07) is 1.49. The first-order valence-corrected chi connectivity index (χ1v) is 10.4. The molecule has 0 aromatic heterocycles. The van der Waals surface area contributed by atoms with Crippen LogP contribution in [0.15, 0.2) is 0 Å². The van der Waals surface area contributed by atoms with Crippen LogP contribution in [0.4, 0.5) is 0 Å². The maximum atomic E-state index is 13.2. The third kappa shape index (κ3) is 4.55. The smallest absolute Gasteiger partial charge is 0.227 e. The molecule has 2 saturated heterocycles. The first-order valence-electron chi connectivity index (χ1n) is 10.4. The molecule has 2 unspecified atom stereocenters. The summed E-state index contributed by atoms with van der Waals surface area (Å²) >= 11 is 0. The Morgan fingerprint density at radius 1 is 1.04 bits per heavy atom. The third-order valence-electron chi connectivity index (χ3n) is 6.55. The van der Waals surface area contributed by atoms with E-state index >= 15 is 0 Å². The molecular weight excluding hydrogens is 314 g/mol. The number of amides is 1. The molecule has 0 aromatic carbocycles. The second-order valence-corrected chi connectivity index (χ2v) is 8.50. The van der Waals surface area contributed by atoms with Crippen molar-refractivity contribution in [3.8, 4) is 0 Å². The van der Waals surface area contributed by atoms with Crippen molar-refractivity contribution in [1.29, 1.82) is 0 Å². The summed E-state index contributed by atoms with van der Waals surface area (Å²) in [6.45, 7) is 10.0. The Balaban J connectivity index is 1.60. The van der Waals surface area contributed by atoms with Crippen molar-refractivity contribution in [2.45, 2.75) is 70.5 Å². The van der Waals surface area contributed by atoms with E-state index in [1.807, 2.05) is 0 Å². The molecule has 1 amide bonds.